The Morgan fingerprint density at radius 3 is 3.00 bits per heavy atom. The average Bonchev–Trinajstić information content (AvgIpc) is 2.88. The van der Waals surface area contributed by atoms with Gasteiger partial charge in [0.2, 0.25) is 0 Å². The summed E-state index contributed by atoms with van der Waals surface area (Å²) in [7, 11) is 0. The molecular formula is C16H16BrNO2. The van der Waals surface area contributed by atoms with Gasteiger partial charge in [-0.3, -0.25) is 4.98 Å². The van der Waals surface area contributed by atoms with Crippen molar-refractivity contribution in [2.45, 2.75) is 25.4 Å². The van der Waals surface area contributed by atoms with Crippen molar-refractivity contribution in [2.75, 3.05) is 6.61 Å². The van der Waals surface area contributed by atoms with Crippen molar-refractivity contribution in [1.82, 2.24) is 4.98 Å². The van der Waals surface area contributed by atoms with E-state index in [1.807, 2.05) is 24.3 Å². The van der Waals surface area contributed by atoms with E-state index in [4.69, 9.17) is 4.74 Å². The molecule has 1 aromatic carbocycles. The quantitative estimate of drug-likeness (QED) is 0.935. The van der Waals surface area contributed by atoms with Gasteiger partial charge in [0.15, 0.2) is 0 Å². The molecule has 1 atom stereocenters. The monoisotopic (exact) mass is 333 g/mol. The van der Waals surface area contributed by atoms with E-state index >= 15 is 0 Å². The average molecular weight is 334 g/mol. The minimum Gasteiger partial charge on any atom is -0.493 e. The Bertz CT molecular complexity index is 601. The van der Waals surface area contributed by atoms with Crippen LogP contribution >= 0.6 is 15.9 Å². The zero-order valence-electron chi connectivity index (χ0n) is 11.1. The molecule has 20 heavy (non-hydrogen) atoms. The number of ether oxygens (including phenoxy) is 1. The molecule has 0 saturated heterocycles. The minimum atomic E-state index is -0.451. The molecule has 1 N–H and O–H groups in total. The molecule has 4 heteroatoms. The van der Waals surface area contributed by atoms with Crippen LogP contribution in [0.2, 0.25) is 0 Å². The predicted molar refractivity (Wildman–Crippen MR) is 81.0 cm³/mol. The summed E-state index contributed by atoms with van der Waals surface area (Å²) in [5, 5.41) is 10.3. The van der Waals surface area contributed by atoms with Crippen LogP contribution < -0.4 is 4.74 Å². The van der Waals surface area contributed by atoms with Crippen LogP contribution in [0.25, 0.3) is 0 Å². The zero-order valence-corrected chi connectivity index (χ0v) is 12.6. The molecule has 0 radical (unpaired) electrons. The molecule has 1 aliphatic heterocycles. The molecule has 0 bridgehead atoms. The lowest BCUT2D eigenvalue weighted by Gasteiger charge is -2.13. The lowest BCUT2D eigenvalue weighted by atomic mass is 10.0. The molecule has 2 aromatic rings. The van der Waals surface area contributed by atoms with Crippen LogP contribution in [0.1, 0.15) is 16.8 Å². The van der Waals surface area contributed by atoms with E-state index in [9.17, 15) is 5.11 Å². The second-order valence-electron chi connectivity index (χ2n) is 5.03. The van der Waals surface area contributed by atoms with Gasteiger partial charge in [0.25, 0.3) is 0 Å². The van der Waals surface area contributed by atoms with Gasteiger partial charge in [-0.1, -0.05) is 22.0 Å². The van der Waals surface area contributed by atoms with Gasteiger partial charge in [0.1, 0.15) is 5.75 Å². The Kier molecular flexibility index (Phi) is 4.03. The van der Waals surface area contributed by atoms with Crippen molar-refractivity contribution in [3.63, 3.8) is 0 Å². The van der Waals surface area contributed by atoms with Gasteiger partial charge in [0.05, 0.1) is 12.7 Å². The van der Waals surface area contributed by atoms with E-state index in [0.29, 0.717) is 12.8 Å². The topological polar surface area (TPSA) is 42.4 Å². The number of aromatic nitrogens is 1. The van der Waals surface area contributed by atoms with Gasteiger partial charge >= 0.3 is 0 Å². The molecule has 0 spiro atoms. The van der Waals surface area contributed by atoms with Gasteiger partial charge in [-0.25, -0.2) is 0 Å². The Morgan fingerprint density at radius 1 is 1.30 bits per heavy atom. The number of halogens is 1. The number of hydrogen-bond acceptors (Lipinski definition) is 3. The van der Waals surface area contributed by atoms with E-state index in [-0.39, 0.29) is 0 Å². The first-order valence-electron chi connectivity index (χ1n) is 6.74. The van der Waals surface area contributed by atoms with Crippen molar-refractivity contribution < 1.29 is 9.84 Å². The highest BCUT2D eigenvalue weighted by Crippen LogP contribution is 2.33. The predicted octanol–water partition coefficient (Wildman–Crippen LogP) is 2.93. The van der Waals surface area contributed by atoms with Crippen molar-refractivity contribution in [2.24, 2.45) is 0 Å². The number of rotatable bonds is 4. The standard InChI is InChI=1S/C16H16BrNO2/c17-13-7-11-4-6-20-16(11)12(8-13)9-15(19)10-14-3-1-2-5-18-14/h1-3,5,7-8,15,19H,4,6,9-10H2. The molecule has 1 aromatic heterocycles. The molecule has 2 heterocycles. The molecule has 0 fully saturated rings. The summed E-state index contributed by atoms with van der Waals surface area (Å²) in [5.41, 5.74) is 3.20. The van der Waals surface area contributed by atoms with Crippen LogP contribution in [0.4, 0.5) is 0 Å². The molecule has 0 aliphatic carbocycles. The van der Waals surface area contributed by atoms with Crippen LogP contribution in [0.5, 0.6) is 5.75 Å². The highest BCUT2D eigenvalue weighted by atomic mass is 79.9. The van der Waals surface area contributed by atoms with Crippen molar-refractivity contribution >= 4 is 15.9 Å². The largest absolute Gasteiger partial charge is 0.493 e. The molecule has 3 rings (SSSR count). The van der Waals surface area contributed by atoms with E-state index < -0.39 is 6.10 Å². The first-order chi connectivity index (χ1) is 9.72. The maximum Gasteiger partial charge on any atom is 0.125 e. The first kappa shape index (κ1) is 13.6. The summed E-state index contributed by atoms with van der Waals surface area (Å²) in [6.07, 6.45) is 3.38. The van der Waals surface area contributed by atoms with Crippen LogP contribution in [0.3, 0.4) is 0 Å². The zero-order chi connectivity index (χ0) is 13.9. The number of aliphatic hydroxyl groups excluding tert-OH is 1. The van der Waals surface area contributed by atoms with E-state index in [1.165, 1.54) is 5.56 Å². The Hall–Kier alpha value is -1.39. The SMILES string of the molecule is OC(Cc1ccccn1)Cc1cc(Br)cc2c1OCC2. The third-order valence-electron chi connectivity index (χ3n) is 3.45. The maximum atomic E-state index is 10.3. The second-order valence-corrected chi connectivity index (χ2v) is 5.95. The van der Waals surface area contributed by atoms with Gasteiger partial charge in [-0.15, -0.1) is 0 Å². The number of fused-ring (bicyclic) bond motifs is 1. The lowest BCUT2D eigenvalue weighted by molar-refractivity contribution is 0.173. The van der Waals surface area contributed by atoms with Crippen LogP contribution in [-0.4, -0.2) is 22.8 Å². The third-order valence-corrected chi connectivity index (χ3v) is 3.91. The summed E-state index contributed by atoms with van der Waals surface area (Å²) in [6.45, 7) is 0.731. The van der Waals surface area contributed by atoms with E-state index in [0.717, 1.165) is 34.5 Å². The molecule has 1 unspecified atom stereocenters. The van der Waals surface area contributed by atoms with Crippen molar-refractivity contribution in [3.8, 4) is 5.75 Å². The number of aliphatic hydroxyl groups is 1. The van der Waals surface area contributed by atoms with Crippen LogP contribution in [0, 0.1) is 0 Å². The highest BCUT2D eigenvalue weighted by Gasteiger charge is 2.19. The molecule has 3 nitrogen and oxygen atoms in total. The Morgan fingerprint density at radius 2 is 2.20 bits per heavy atom. The minimum absolute atomic E-state index is 0.451. The van der Waals surface area contributed by atoms with Gasteiger partial charge < -0.3 is 9.84 Å². The summed E-state index contributed by atoms with van der Waals surface area (Å²) in [6, 6.07) is 9.88. The lowest BCUT2D eigenvalue weighted by Crippen LogP contribution is -2.15. The van der Waals surface area contributed by atoms with Crippen LogP contribution in [-0.2, 0) is 19.3 Å². The van der Waals surface area contributed by atoms with Gasteiger partial charge in [-0.05, 0) is 35.4 Å². The molecule has 104 valence electrons. The van der Waals surface area contributed by atoms with Crippen molar-refractivity contribution in [3.05, 3.63) is 57.8 Å². The van der Waals surface area contributed by atoms with Gasteiger partial charge in [-0.2, -0.15) is 0 Å². The van der Waals surface area contributed by atoms with Crippen LogP contribution in [0.15, 0.2) is 41.0 Å². The summed E-state index contributed by atoms with van der Waals surface area (Å²) in [4.78, 5) is 4.25. The highest BCUT2D eigenvalue weighted by molar-refractivity contribution is 9.10. The van der Waals surface area contributed by atoms with Gasteiger partial charge in [0, 0.05) is 35.6 Å². The Balaban J connectivity index is 1.75. The molecule has 0 saturated carbocycles. The summed E-state index contributed by atoms with van der Waals surface area (Å²) < 4.78 is 6.73. The van der Waals surface area contributed by atoms with Crippen molar-refractivity contribution in [1.29, 1.82) is 0 Å². The third kappa shape index (κ3) is 3.02. The smallest absolute Gasteiger partial charge is 0.125 e. The van der Waals surface area contributed by atoms with E-state index in [2.05, 4.69) is 27.0 Å². The summed E-state index contributed by atoms with van der Waals surface area (Å²) in [5.74, 6) is 0.952. The number of hydrogen-bond donors (Lipinski definition) is 1. The normalized spacial score (nSPS) is 14.7. The Labute approximate surface area is 126 Å². The fourth-order valence-corrected chi connectivity index (χ4v) is 3.14. The molecule has 1 aliphatic rings. The second kappa shape index (κ2) is 5.94. The number of pyridine rings is 1. The maximum absolute atomic E-state index is 10.3. The first-order valence-corrected chi connectivity index (χ1v) is 7.54. The fourth-order valence-electron chi connectivity index (χ4n) is 2.58. The number of benzene rings is 1. The molecule has 0 amide bonds. The fraction of sp³-hybridized carbons (Fsp3) is 0.312. The van der Waals surface area contributed by atoms with E-state index in [1.54, 1.807) is 6.20 Å². The number of nitrogens with zero attached hydrogens (tertiary/aromatic N) is 1. The molecular weight excluding hydrogens is 318 g/mol. The summed E-state index contributed by atoms with van der Waals surface area (Å²) >= 11 is 3.52.